The van der Waals surface area contributed by atoms with Crippen LogP contribution in [0.3, 0.4) is 0 Å². The second-order valence-electron chi connectivity index (χ2n) is 7.98. The molecule has 1 aliphatic carbocycles. The second-order valence-corrected chi connectivity index (χ2v) is 7.98. The summed E-state index contributed by atoms with van der Waals surface area (Å²) in [5, 5.41) is 14.1. The molecule has 0 heterocycles. The highest BCUT2D eigenvalue weighted by Gasteiger charge is 2.22. The Morgan fingerprint density at radius 3 is 2.48 bits per heavy atom. The molecule has 1 unspecified atom stereocenters. The van der Waals surface area contributed by atoms with Crippen molar-refractivity contribution in [2.75, 3.05) is 26.1 Å². The summed E-state index contributed by atoms with van der Waals surface area (Å²) >= 11 is 0. The van der Waals surface area contributed by atoms with E-state index in [0.29, 0.717) is 17.2 Å². The molecule has 1 atom stereocenters. The summed E-state index contributed by atoms with van der Waals surface area (Å²) < 4.78 is 11.6. The van der Waals surface area contributed by atoms with Gasteiger partial charge in [0.05, 0.1) is 29.7 Å². The maximum atomic E-state index is 13.0. The molecule has 1 amide bonds. The normalized spacial score (nSPS) is 14.7. The number of nitrogens with zero attached hydrogens (tertiary/aromatic N) is 2. The summed E-state index contributed by atoms with van der Waals surface area (Å²) in [5.74, 6) is 0.935. The van der Waals surface area contributed by atoms with E-state index in [9.17, 15) is 14.9 Å². The quantitative estimate of drug-likeness (QED) is 0.493. The van der Waals surface area contributed by atoms with E-state index in [1.54, 1.807) is 32.2 Å². The Bertz CT molecular complexity index is 954. The number of anilines is 1. The first kappa shape index (κ1) is 22.4. The molecule has 2 aromatic carbocycles. The number of carbonyl (C=O) groups excluding carboxylic acids is 1. The fourth-order valence-corrected chi connectivity index (χ4v) is 3.80. The third kappa shape index (κ3) is 5.25. The Kier molecular flexibility index (Phi) is 6.99. The largest absolute Gasteiger partial charge is 0.493 e. The first-order chi connectivity index (χ1) is 14.8. The molecule has 0 spiro atoms. The van der Waals surface area contributed by atoms with Gasteiger partial charge in [0.25, 0.3) is 11.6 Å². The van der Waals surface area contributed by atoms with Gasteiger partial charge in [-0.25, -0.2) is 0 Å². The van der Waals surface area contributed by atoms with Crippen molar-refractivity contribution in [2.24, 2.45) is 0 Å². The minimum absolute atomic E-state index is 0.126. The van der Waals surface area contributed by atoms with Gasteiger partial charge < -0.3 is 19.7 Å². The van der Waals surface area contributed by atoms with Crippen molar-refractivity contribution < 1.29 is 19.2 Å². The van der Waals surface area contributed by atoms with E-state index in [2.05, 4.69) is 5.32 Å². The SMILES string of the molecule is COc1cc(C(C)NC(=O)c2cc([N+](=O)[O-])ccc2N(C)C)ccc1OC1CCCC1. The molecule has 0 aromatic heterocycles. The number of hydrogen-bond acceptors (Lipinski definition) is 6. The van der Waals surface area contributed by atoms with E-state index < -0.39 is 4.92 Å². The Morgan fingerprint density at radius 2 is 1.87 bits per heavy atom. The molecular formula is C23H29N3O5. The molecule has 0 saturated heterocycles. The summed E-state index contributed by atoms with van der Waals surface area (Å²) in [4.78, 5) is 25.4. The summed E-state index contributed by atoms with van der Waals surface area (Å²) in [6.07, 6.45) is 4.68. The van der Waals surface area contributed by atoms with Crippen LogP contribution in [0, 0.1) is 10.1 Å². The standard InChI is InChI=1S/C23H29N3O5/c1-15(16-9-12-21(22(13-16)30-4)31-18-7-5-6-8-18)24-23(27)19-14-17(26(28)29)10-11-20(19)25(2)3/h9-15,18H,5-8H2,1-4H3,(H,24,27). The zero-order valence-electron chi connectivity index (χ0n) is 18.4. The number of ether oxygens (including phenoxy) is 2. The molecule has 8 nitrogen and oxygen atoms in total. The zero-order valence-corrected chi connectivity index (χ0v) is 18.4. The maximum absolute atomic E-state index is 13.0. The van der Waals surface area contributed by atoms with Crippen LogP contribution < -0.4 is 19.7 Å². The fourth-order valence-electron chi connectivity index (χ4n) is 3.80. The number of benzene rings is 2. The molecule has 1 fully saturated rings. The van der Waals surface area contributed by atoms with Gasteiger partial charge in [-0.05, 0) is 56.4 Å². The van der Waals surface area contributed by atoms with E-state index >= 15 is 0 Å². The lowest BCUT2D eigenvalue weighted by atomic mass is 10.1. The van der Waals surface area contributed by atoms with E-state index in [4.69, 9.17) is 9.47 Å². The molecule has 2 aromatic rings. The molecule has 3 rings (SSSR count). The van der Waals surface area contributed by atoms with Crippen LogP contribution >= 0.6 is 0 Å². The molecule has 1 aliphatic rings. The number of methoxy groups -OCH3 is 1. The van der Waals surface area contributed by atoms with Crippen molar-refractivity contribution in [3.63, 3.8) is 0 Å². The predicted molar refractivity (Wildman–Crippen MR) is 119 cm³/mol. The van der Waals surface area contributed by atoms with Crippen LogP contribution in [0.4, 0.5) is 11.4 Å². The van der Waals surface area contributed by atoms with Gasteiger partial charge in [0.1, 0.15) is 0 Å². The molecular weight excluding hydrogens is 398 g/mol. The smallest absolute Gasteiger partial charge is 0.270 e. The third-order valence-corrected chi connectivity index (χ3v) is 5.55. The molecule has 166 valence electrons. The number of nitro benzene ring substituents is 1. The zero-order chi connectivity index (χ0) is 22.5. The lowest BCUT2D eigenvalue weighted by Crippen LogP contribution is -2.28. The van der Waals surface area contributed by atoms with Crippen LogP contribution in [0.25, 0.3) is 0 Å². The average molecular weight is 428 g/mol. The number of non-ortho nitro benzene ring substituents is 1. The van der Waals surface area contributed by atoms with Crippen molar-refractivity contribution >= 4 is 17.3 Å². The fraction of sp³-hybridized carbons (Fsp3) is 0.435. The Morgan fingerprint density at radius 1 is 1.16 bits per heavy atom. The maximum Gasteiger partial charge on any atom is 0.270 e. The monoisotopic (exact) mass is 427 g/mol. The molecule has 31 heavy (non-hydrogen) atoms. The molecule has 0 bridgehead atoms. The van der Waals surface area contributed by atoms with Crippen LogP contribution in [0.5, 0.6) is 11.5 Å². The minimum Gasteiger partial charge on any atom is -0.493 e. The van der Waals surface area contributed by atoms with Gasteiger partial charge in [-0.3, -0.25) is 14.9 Å². The number of nitrogens with one attached hydrogen (secondary N) is 1. The first-order valence-corrected chi connectivity index (χ1v) is 10.4. The molecule has 0 radical (unpaired) electrons. The summed E-state index contributed by atoms with van der Waals surface area (Å²) in [7, 11) is 5.17. The predicted octanol–water partition coefficient (Wildman–Crippen LogP) is 4.48. The van der Waals surface area contributed by atoms with Crippen molar-refractivity contribution in [2.45, 2.75) is 44.8 Å². The number of amides is 1. The van der Waals surface area contributed by atoms with Gasteiger partial charge in [-0.15, -0.1) is 0 Å². The summed E-state index contributed by atoms with van der Waals surface area (Å²) in [6.45, 7) is 1.86. The summed E-state index contributed by atoms with van der Waals surface area (Å²) in [5.41, 5.74) is 1.58. The van der Waals surface area contributed by atoms with Gasteiger partial charge in [0, 0.05) is 31.9 Å². The molecule has 0 aliphatic heterocycles. The van der Waals surface area contributed by atoms with Gasteiger partial charge in [-0.2, -0.15) is 0 Å². The third-order valence-electron chi connectivity index (χ3n) is 5.55. The highest BCUT2D eigenvalue weighted by molar-refractivity contribution is 6.00. The highest BCUT2D eigenvalue weighted by atomic mass is 16.6. The lowest BCUT2D eigenvalue weighted by molar-refractivity contribution is -0.384. The van der Waals surface area contributed by atoms with Gasteiger partial charge in [0.2, 0.25) is 0 Å². The average Bonchev–Trinajstić information content (AvgIpc) is 3.26. The Hall–Kier alpha value is -3.29. The van der Waals surface area contributed by atoms with Gasteiger partial charge >= 0.3 is 0 Å². The Balaban J connectivity index is 1.79. The lowest BCUT2D eigenvalue weighted by Gasteiger charge is -2.21. The number of carbonyl (C=O) groups is 1. The molecule has 8 heteroatoms. The van der Waals surface area contributed by atoms with Crippen LogP contribution in [-0.2, 0) is 0 Å². The number of hydrogen-bond donors (Lipinski definition) is 1. The van der Waals surface area contributed by atoms with Crippen LogP contribution in [0.2, 0.25) is 0 Å². The van der Waals surface area contributed by atoms with Gasteiger partial charge in [-0.1, -0.05) is 6.07 Å². The van der Waals surface area contributed by atoms with E-state index in [1.807, 2.05) is 25.1 Å². The first-order valence-electron chi connectivity index (χ1n) is 10.4. The molecule has 1 saturated carbocycles. The van der Waals surface area contributed by atoms with Crippen molar-refractivity contribution in [1.29, 1.82) is 0 Å². The second kappa shape index (κ2) is 9.68. The number of nitro groups is 1. The van der Waals surface area contributed by atoms with Gasteiger partial charge in [0.15, 0.2) is 11.5 Å². The van der Waals surface area contributed by atoms with Crippen LogP contribution in [0.15, 0.2) is 36.4 Å². The van der Waals surface area contributed by atoms with Crippen LogP contribution in [-0.4, -0.2) is 38.1 Å². The van der Waals surface area contributed by atoms with Crippen molar-refractivity contribution in [3.8, 4) is 11.5 Å². The summed E-state index contributed by atoms with van der Waals surface area (Å²) in [6, 6.07) is 9.56. The Labute approximate surface area is 182 Å². The minimum atomic E-state index is -0.506. The number of rotatable bonds is 8. The molecule has 1 N–H and O–H groups in total. The highest BCUT2D eigenvalue weighted by Crippen LogP contribution is 2.34. The van der Waals surface area contributed by atoms with Crippen molar-refractivity contribution in [1.82, 2.24) is 5.32 Å². The van der Waals surface area contributed by atoms with E-state index in [-0.39, 0.29) is 29.3 Å². The van der Waals surface area contributed by atoms with Crippen LogP contribution in [0.1, 0.15) is 54.6 Å². The topological polar surface area (TPSA) is 93.9 Å². The van der Waals surface area contributed by atoms with E-state index in [0.717, 1.165) is 18.4 Å². The van der Waals surface area contributed by atoms with E-state index in [1.165, 1.54) is 25.0 Å². The van der Waals surface area contributed by atoms with Crippen molar-refractivity contribution in [3.05, 3.63) is 57.6 Å².